The van der Waals surface area contributed by atoms with Gasteiger partial charge in [-0.2, -0.15) is 0 Å². The van der Waals surface area contributed by atoms with Crippen LogP contribution in [0.1, 0.15) is 6.42 Å². The van der Waals surface area contributed by atoms with Gasteiger partial charge >= 0.3 is 0 Å². The standard InChI is InChI=1S/C15H22N2O3.ClH/c1-16-8-10-17(11-9-16)15(18)7-12-20-14-5-3-13(19-2)4-6-14;/h3-6H,7-12H2,1-2H3;1H/p-1. The number of rotatable bonds is 5. The van der Waals surface area contributed by atoms with E-state index in [9.17, 15) is 4.79 Å². The lowest BCUT2D eigenvalue weighted by Gasteiger charge is -2.32. The molecule has 0 unspecified atom stereocenters. The molecule has 0 spiro atoms. The predicted molar refractivity (Wildman–Crippen MR) is 77.2 cm³/mol. The maximum Gasteiger partial charge on any atom is 0.226 e. The third-order valence-corrected chi connectivity index (χ3v) is 3.50. The maximum atomic E-state index is 12.0. The van der Waals surface area contributed by atoms with Crippen molar-refractivity contribution in [2.75, 3.05) is 46.9 Å². The van der Waals surface area contributed by atoms with Crippen LogP contribution in [0.2, 0.25) is 0 Å². The van der Waals surface area contributed by atoms with E-state index in [1.54, 1.807) is 7.11 Å². The molecule has 1 aromatic rings. The molecule has 0 aliphatic carbocycles. The first-order valence-electron chi connectivity index (χ1n) is 6.92. The van der Waals surface area contributed by atoms with Gasteiger partial charge in [-0.05, 0) is 31.3 Å². The fourth-order valence-corrected chi connectivity index (χ4v) is 2.14. The summed E-state index contributed by atoms with van der Waals surface area (Å²) >= 11 is 0. The summed E-state index contributed by atoms with van der Waals surface area (Å²) in [6, 6.07) is 7.38. The Balaban J connectivity index is 0.00000220. The molecule has 0 saturated carbocycles. The minimum atomic E-state index is 0. The third-order valence-electron chi connectivity index (χ3n) is 3.50. The zero-order chi connectivity index (χ0) is 14.4. The lowest BCUT2D eigenvalue weighted by Crippen LogP contribution is -3.00. The number of nitrogens with zero attached hydrogens (tertiary/aromatic N) is 2. The molecule has 0 N–H and O–H groups in total. The van der Waals surface area contributed by atoms with Gasteiger partial charge < -0.3 is 31.7 Å². The van der Waals surface area contributed by atoms with Gasteiger partial charge in [0.2, 0.25) is 5.91 Å². The Morgan fingerprint density at radius 2 is 1.67 bits per heavy atom. The van der Waals surface area contributed by atoms with E-state index >= 15 is 0 Å². The first-order valence-corrected chi connectivity index (χ1v) is 6.92. The van der Waals surface area contributed by atoms with Gasteiger partial charge in [0, 0.05) is 26.2 Å². The SMILES string of the molecule is COc1ccc(OCCC(=O)N2CCN(C)CC2)cc1.[Cl-]. The Kier molecular flexibility index (Phi) is 7.32. The topological polar surface area (TPSA) is 42.0 Å². The molecular formula is C15H22ClN2O3-. The molecule has 1 saturated heterocycles. The minimum Gasteiger partial charge on any atom is -1.00 e. The normalized spacial score (nSPS) is 15.2. The maximum absolute atomic E-state index is 12.0. The molecule has 1 amide bonds. The summed E-state index contributed by atoms with van der Waals surface area (Å²) in [6.07, 6.45) is 0.426. The van der Waals surface area contributed by atoms with Crippen LogP contribution in [0.3, 0.4) is 0 Å². The van der Waals surface area contributed by atoms with E-state index in [0.717, 1.165) is 37.7 Å². The molecule has 21 heavy (non-hydrogen) atoms. The molecule has 2 rings (SSSR count). The number of carbonyl (C=O) groups is 1. The number of carbonyl (C=O) groups excluding carboxylic acids is 1. The van der Waals surface area contributed by atoms with E-state index in [4.69, 9.17) is 9.47 Å². The molecule has 1 aliphatic rings. The molecule has 1 aromatic carbocycles. The summed E-state index contributed by atoms with van der Waals surface area (Å²) in [4.78, 5) is 16.2. The molecule has 6 heteroatoms. The lowest BCUT2D eigenvalue weighted by molar-refractivity contribution is -0.133. The van der Waals surface area contributed by atoms with Crippen LogP contribution < -0.4 is 21.9 Å². The van der Waals surface area contributed by atoms with E-state index in [1.807, 2.05) is 29.2 Å². The average Bonchev–Trinajstić information content (AvgIpc) is 2.48. The highest BCUT2D eigenvalue weighted by Crippen LogP contribution is 2.17. The molecule has 0 aromatic heterocycles. The van der Waals surface area contributed by atoms with Gasteiger partial charge in [0.15, 0.2) is 0 Å². The Morgan fingerprint density at radius 1 is 1.10 bits per heavy atom. The zero-order valence-electron chi connectivity index (χ0n) is 12.5. The number of hydrogen-bond acceptors (Lipinski definition) is 4. The molecule has 0 bridgehead atoms. The highest BCUT2D eigenvalue weighted by atomic mass is 35.5. The van der Waals surface area contributed by atoms with Crippen LogP contribution >= 0.6 is 0 Å². The van der Waals surface area contributed by atoms with Gasteiger partial charge in [-0.3, -0.25) is 4.79 Å². The smallest absolute Gasteiger partial charge is 0.226 e. The van der Waals surface area contributed by atoms with Crippen molar-refractivity contribution < 1.29 is 26.7 Å². The van der Waals surface area contributed by atoms with Crippen LogP contribution in [-0.4, -0.2) is 62.7 Å². The van der Waals surface area contributed by atoms with Crippen molar-refractivity contribution in [3.63, 3.8) is 0 Å². The quantitative estimate of drug-likeness (QED) is 0.646. The monoisotopic (exact) mass is 313 g/mol. The summed E-state index contributed by atoms with van der Waals surface area (Å²) in [7, 11) is 3.71. The number of hydrogen-bond donors (Lipinski definition) is 0. The molecule has 0 atom stereocenters. The Hall–Kier alpha value is -1.46. The third kappa shape index (κ3) is 5.44. The summed E-state index contributed by atoms with van der Waals surface area (Å²) in [5.74, 6) is 1.73. The van der Waals surface area contributed by atoms with Crippen LogP contribution in [0.4, 0.5) is 0 Å². The summed E-state index contributed by atoms with van der Waals surface area (Å²) in [5.41, 5.74) is 0. The van der Waals surface area contributed by atoms with E-state index in [0.29, 0.717) is 13.0 Å². The number of halogens is 1. The molecular weight excluding hydrogens is 292 g/mol. The molecule has 5 nitrogen and oxygen atoms in total. The number of benzene rings is 1. The van der Waals surface area contributed by atoms with Gasteiger partial charge in [-0.15, -0.1) is 0 Å². The molecule has 1 fully saturated rings. The fraction of sp³-hybridized carbons (Fsp3) is 0.533. The van der Waals surface area contributed by atoms with E-state index in [2.05, 4.69) is 11.9 Å². The second kappa shape index (κ2) is 8.74. The van der Waals surface area contributed by atoms with Crippen molar-refractivity contribution in [1.82, 2.24) is 9.80 Å². The van der Waals surface area contributed by atoms with Gasteiger partial charge in [0.1, 0.15) is 11.5 Å². The zero-order valence-corrected chi connectivity index (χ0v) is 13.3. The number of likely N-dealkylation sites (N-methyl/N-ethyl adjacent to an activating group) is 1. The second-order valence-corrected chi connectivity index (χ2v) is 4.96. The van der Waals surface area contributed by atoms with Gasteiger partial charge in [0.25, 0.3) is 0 Å². The molecule has 1 aliphatic heterocycles. The summed E-state index contributed by atoms with van der Waals surface area (Å²) in [5, 5.41) is 0. The van der Waals surface area contributed by atoms with Crippen molar-refractivity contribution in [3.8, 4) is 11.5 Å². The highest BCUT2D eigenvalue weighted by Gasteiger charge is 2.18. The van der Waals surface area contributed by atoms with E-state index < -0.39 is 0 Å². The highest BCUT2D eigenvalue weighted by molar-refractivity contribution is 5.76. The van der Waals surface area contributed by atoms with E-state index in [1.165, 1.54) is 0 Å². The summed E-state index contributed by atoms with van der Waals surface area (Å²) < 4.78 is 10.7. The van der Waals surface area contributed by atoms with Crippen molar-refractivity contribution in [1.29, 1.82) is 0 Å². The van der Waals surface area contributed by atoms with Gasteiger partial charge in [0.05, 0.1) is 20.1 Å². The van der Waals surface area contributed by atoms with Crippen LogP contribution in [0.25, 0.3) is 0 Å². The number of piperazine rings is 1. The van der Waals surface area contributed by atoms with Crippen LogP contribution in [0, 0.1) is 0 Å². The first kappa shape index (κ1) is 17.6. The van der Waals surface area contributed by atoms with Crippen molar-refractivity contribution >= 4 is 5.91 Å². The van der Waals surface area contributed by atoms with E-state index in [-0.39, 0.29) is 18.3 Å². The van der Waals surface area contributed by atoms with Crippen LogP contribution in [0.5, 0.6) is 11.5 Å². The van der Waals surface area contributed by atoms with Gasteiger partial charge in [-0.1, -0.05) is 0 Å². The fourth-order valence-electron chi connectivity index (χ4n) is 2.14. The largest absolute Gasteiger partial charge is 1.00 e. The van der Waals surface area contributed by atoms with Gasteiger partial charge in [-0.25, -0.2) is 0 Å². The average molecular weight is 314 g/mol. The molecule has 0 radical (unpaired) electrons. The number of amides is 1. The predicted octanol–water partition coefficient (Wildman–Crippen LogP) is -1.76. The first-order chi connectivity index (χ1) is 9.69. The van der Waals surface area contributed by atoms with Crippen LogP contribution in [-0.2, 0) is 4.79 Å². The Bertz CT molecular complexity index is 431. The van der Waals surface area contributed by atoms with Crippen molar-refractivity contribution in [3.05, 3.63) is 24.3 Å². The lowest BCUT2D eigenvalue weighted by atomic mass is 10.3. The second-order valence-electron chi connectivity index (χ2n) is 4.96. The number of ether oxygens (including phenoxy) is 2. The Morgan fingerprint density at radius 3 is 2.24 bits per heavy atom. The molecule has 118 valence electrons. The van der Waals surface area contributed by atoms with Crippen molar-refractivity contribution in [2.45, 2.75) is 6.42 Å². The molecule has 1 heterocycles. The number of methoxy groups -OCH3 is 1. The van der Waals surface area contributed by atoms with Crippen molar-refractivity contribution in [2.24, 2.45) is 0 Å². The minimum absolute atomic E-state index is 0. The Labute approximate surface area is 132 Å². The summed E-state index contributed by atoms with van der Waals surface area (Å²) in [6.45, 7) is 3.95. The van der Waals surface area contributed by atoms with Crippen LogP contribution in [0.15, 0.2) is 24.3 Å².